The molecule has 1 aliphatic carbocycles. The van der Waals surface area contributed by atoms with Gasteiger partial charge in [0.2, 0.25) is 0 Å². The van der Waals surface area contributed by atoms with Gasteiger partial charge in [-0.2, -0.15) is 0 Å². The summed E-state index contributed by atoms with van der Waals surface area (Å²) in [6, 6.07) is 1.68. The maximum atomic E-state index is 12.0. The number of rotatable bonds is 2. The molecule has 0 aliphatic heterocycles. The van der Waals surface area contributed by atoms with Crippen LogP contribution >= 0.6 is 11.6 Å². The Hall–Kier alpha value is -1.09. The number of hydrogen-bond donors (Lipinski definition) is 0. The highest BCUT2D eigenvalue weighted by Crippen LogP contribution is 2.21. The molecule has 0 radical (unpaired) electrons. The zero-order valence-corrected chi connectivity index (χ0v) is 10.0. The first kappa shape index (κ1) is 11.4. The first-order chi connectivity index (χ1) is 7.65. The van der Waals surface area contributed by atoms with Crippen molar-refractivity contribution in [2.45, 2.75) is 39.2 Å². The molecule has 0 unspecified atom stereocenters. The number of halogens is 1. The smallest absolute Gasteiger partial charge is 0.262 e. The molecule has 1 aliphatic rings. The van der Waals surface area contributed by atoms with Gasteiger partial charge in [-0.3, -0.25) is 9.59 Å². The van der Waals surface area contributed by atoms with Crippen molar-refractivity contribution in [2.75, 3.05) is 0 Å². The minimum absolute atomic E-state index is 0.115. The second-order valence-corrected chi connectivity index (χ2v) is 4.40. The normalized spacial score (nSPS) is 14.6. The lowest BCUT2D eigenvalue weighted by atomic mass is 9.94. The molecule has 2 rings (SSSR count). The monoisotopic (exact) mass is 239 g/mol. The SMILES string of the molecule is CCn1c2c(cc(C(=O)Cl)c1=O)CCCC2. The maximum absolute atomic E-state index is 12.0. The van der Waals surface area contributed by atoms with Crippen molar-refractivity contribution in [1.29, 1.82) is 0 Å². The van der Waals surface area contributed by atoms with Crippen LogP contribution < -0.4 is 5.56 Å². The molecule has 0 fully saturated rings. The average Bonchev–Trinajstić information content (AvgIpc) is 2.28. The number of aromatic nitrogens is 1. The molecule has 1 heterocycles. The van der Waals surface area contributed by atoms with Crippen LogP contribution in [0.15, 0.2) is 10.9 Å². The van der Waals surface area contributed by atoms with E-state index in [0.717, 1.165) is 36.9 Å². The number of pyridine rings is 1. The van der Waals surface area contributed by atoms with Crippen LogP contribution in [0.4, 0.5) is 0 Å². The number of aryl methyl sites for hydroxylation is 1. The molecule has 3 nitrogen and oxygen atoms in total. The van der Waals surface area contributed by atoms with Crippen LogP contribution in [0.2, 0.25) is 0 Å². The summed E-state index contributed by atoms with van der Waals surface area (Å²) >= 11 is 5.43. The second-order valence-electron chi connectivity index (χ2n) is 4.06. The van der Waals surface area contributed by atoms with Crippen LogP contribution in [0.3, 0.4) is 0 Å². The Morgan fingerprint density at radius 3 is 2.75 bits per heavy atom. The van der Waals surface area contributed by atoms with Gasteiger partial charge in [0, 0.05) is 12.2 Å². The minimum Gasteiger partial charge on any atom is -0.312 e. The Morgan fingerprint density at radius 1 is 1.44 bits per heavy atom. The molecule has 0 atom stereocenters. The highest BCUT2D eigenvalue weighted by atomic mass is 35.5. The van der Waals surface area contributed by atoms with Crippen LogP contribution in [0.5, 0.6) is 0 Å². The van der Waals surface area contributed by atoms with Gasteiger partial charge in [0.05, 0.1) is 5.56 Å². The Morgan fingerprint density at radius 2 is 2.12 bits per heavy atom. The fourth-order valence-electron chi connectivity index (χ4n) is 2.36. The fraction of sp³-hybridized carbons (Fsp3) is 0.500. The van der Waals surface area contributed by atoms with E-state index < -0.39 is 5.24 Å². The van der Waals surface area contributed by atoms with Crippen molar-refractivity contribution in [2.24, 2.45) is 0 Å². The zero-order valence-electron chi connectivity index (χ0n) is 9.25. The largest absolute Gasteiger partial charge is 0.312 e. The molecule has 0 spiro atoms. The van der Waals surface area contributed by atoms with Crippen molar-refractivity contribution >= 4 is 16.8 Å². The first-order valence-electron chi connectivity index (χ1n) is 5.60. The molecular formula is C12H14ClNO2. The van der Waals surface area contributed by atoms with Gasteiger partial charge in [0.25, 0.3) is 10.8 Å². The highest BCUT2D eigenvalue weighted by molar-refractivity contribution is 6.67. The van der Waals surface area contributed by atoms with E-state index in [4.69, 9.17) is 11.6 Å². The van der Waals surface area contributed by atoms with E-state index in [-0.39, 0.29) is 11.1 Å². The van der Waals surface area contributed by atoms with Gasteiger partial charge in [-0.1, -0.05) is 0 Å². The topological polar surface area (TPSA) is 39.1 Å². The predicted molar refractivity (Wildman–Crippen MR) is 63.2 cm³/mol. The minimum atomic E-state index is -0.652. The maximum Gasteiger partial charge on any atom is 0.262 e. The van der Waals surface area contributed by atoms with Crippen LogP contribution in [0.1, 0.15) is 41.4 Å². The molecule has 0 saturated carbocycles. The van der Waals surface area contributed by atoms with Crippen LogP contribution in [-0.2, 0) is 19.4 Å². The molecule has 0 N–H and O–H groups in total. The van der Waals surface area contributed by atoms with Crippen molar-refractivity contribution in [3.8, 4) is 0 Å². The molecule has 0 aromatic carbocycles. The van der Waals surface area contributed by atoms with Gasteiger partial charge >= 0.3 is 0 Å². The summed E-state index contributed by atoms with van der Waals surface area (Å²) in [7, 11) is 0. The molecular weight excluding hydrogens is 226 g/mol. The third kappa shape index (κ3) is 1.80. The fourth-order valence-corrected chi connectivity index (χ4v) is 2.49. The molecule has 1 aromatic rings. The summed E-state index contributed by atoms with van der Waals surface area (Å²) in [5, 5.41) is -0.652. The number of hydrogen-bond acceptors (Lipinski definition) is 2. The van der Waals surface area contributed by atoms with Crippen molar-refractivity contribution in [3.05, 3.63) is 33.2 Å². The third-order valence-corrected chi connectivity index (χ3v) is 3.33. The second kappa shape index (κ2) is 4.42. The molecule has 4 heteroatoms. The standard InChI is InChI=1S/C12H14ClNO2/c1-2-14-10-6-4-3-5-8(10)7-9(11(13)15)12(14)16/h7H,2-6H2,1H3. The molecule has 0 saturated heterocycles. The summed E-state index contributed by atoms with van der Waals surface area (Å²) in [5.74, 6) is 0. The summed E-state index contributed by atoms with van der Waals surface area (Å²) in [5.41, 5.74) is 2.06. The third-order valence-electron chi connectivity index (χ3n) is 3.13. The van der Waals surface area contributed by atoms with Crippen molar-refractivity contribution in [1.82, 2.24) is 4.57 Å². The van der Waals surface area contributed by atoms with E-state index in [2.05, 4.69) is 0 Å². The molecule has 0 amide bonds. The molecule has 86 valence electrons. The first-order valence-corrected chi connectivity index (χ1v) is 5.98. The summed E-state index contributed by atoms with van der Waals surface area (Å²) in [6.45, 7) is 2.51. The Kier molecular flexibility index (Phi) is 3.15. The summed E-state index contributed by atoms with van der Waals surface area (Å²) in [4.78, 5) is 23.1. The molecule has 0 bridgehead atoms. The van der Waals surface area contributed by atoms with Crippen molar-refractivity contribution in [3.63, 3.8) is 0 Å². The van der Waals surface area contributed by atoms with Gasteiger partial charge < -0.3 is 4.57 Å². The number of fused-ring (bicyclic) bond motifs is 1. The number of carbonyl (C=O) groups excluding carboxylic acids is 1. The lowest BCUT2D eigenvalue weighted by Gasteiger charge is -2.20. The Balaban J connectivity index is 2.69. The number of carbonyl (C=O) groups is 1. The van der Waals surface area contributed by atoms with E-state index in [0.29, 0.717) is 6.54 Å². The van der Waals surface area contributed by atoms with E-state index in [1.54, 1.807) is 10.6 Å². The van der Waals surface area contributed by atoms with Gasteiger partial charge in [-0.25, -0.2) is 0 Å². The van der Waals surface area contributed by atoms with E-state index in [1.165, 1.54) is 0 Å². The lowest BCUT2D eigenvalue weighted by molar-refractivity contribution is 0.107. The average molecular weight is 240 g/mol. The van der Waals surface area contributed by atoms with E-state index in [1.807, 2.05) is 6.92 Å². The number of nitrogens with zero attached hydrogens (tertiary/aromatic N) is 1. The predicted octanol–water partition coefficient (Wildman–Crippen LogP) is 2.13. The van der Waals surface area contributed by atoms with Gasteiger partial charge in [0.1, 0.15) is 0 Å². The van der Waals surface area contributed by atoms with Crippen LogP contribution in [0, 0.1) is 0 Å². The summed E-state index contributed by atoms with van der Waals surface area (Å²) < 4.78 is 1.68. The molecule has 16 heavy (non-hydrogen) atoms. The Bertz CT molecular complexity index is 491. The zero-order chi connectivity index (χ0) is 11.7. The van der Waals surface area contributed by atoms with E-state index >= 15 is 0 Å². The van der Waals surface area contributed by atoms with Gasteiger partial charge in [0.15, 0.2) is 0 Å². The highest BCUT2D eigenvalue weighted by Gasteiger charge is 2.19. The Labute approximate surface area is 99.0 Å². The lowest BCUT2D eigenvalue weighted by Crippen LogP contribution is -2.30. The quantitative estimate of drug-likeness (QED) is 0.742. The van der Waals surface area contributed by atoms with Gasteiger partial charge in [-0.05, 0) is 55.8 Å². The summed E-state index contributed by atoms with van der Waals surface area (Å²) in [6.07, 6.45) is 4.09. The van der Waals surface area contributed by atoms with Crippen molar-refractivity contribution < 1.29 is 4.79 Å². The van der Waals surface area contributed by atoms with Crippen LogP contribution in [0.25, 0.3) is 0 Å². The molecule has 1 aromatic heterocycles. The van der Waals surface area contributed by atoms with E-state index in [9.17, 15) is 9.59 Å². The van der Waals surface area contributed by atoms with Gasteiger partial charge in [-0.15, -0.1) is 0 Å². The van der Waals surface area contributed by atoms with Crippen LogP contribution in [-0.4, -0.2) is 9.81 Å².